The minimum Gasteiger partial charge on any atom is -0.461 e. The van der Waals surface area contributed by atoms with Gasteiger partial charge in [0.05, 0.1) is 12.0 Å². The van der Waals surface area contributed by atoms with Gasteiger partial charge < -0.3 is 4.42 Å². The molecular weight excluding hydrogens is 312 g/mol. The second-order valence-electron chi connectivity index (χ2n) is 5.57. The topological polar surface area (TPSA) is 55.1 Å². The molecule has 0 unspecified atom stereocenters. The lowest BCUT2D eigenvalue weighted by atomic mass is 10.1. The van der Waals surface area contributed by atoms with Gasteiger partial charge in [-0.3, -0.25) is 9.88 Å². The number of nitrogens with zero attached hydrogens (tertiary/aromatic N) is 4. The summed E-state index contributed by atoms with van der Waals surface area (Å²) in [7, 11) is 0. The van der Waals surface area contributed by atoms with Crippen LogP contribution in [0.3, 0.4) is 0 Å². The SMILES string of the molecule is Clc1ccncc1CN1CCc2nc(-c3ccco3)ncc2C1. The highest BCUT2D eigenvalue weighted by Gasteiger charge is 2.20. The Balaban J connectivity index is 1.53. The highest BCUT2D eigenvalue weighted by molar-refractivity contribution is 6.31. The molecule has 4 heterocycles. The number of furan rings is 1. The lowest BCUT2D eigenvalue weighted by molar-refractivity contribution is 0.242. The number of hydrogen-bond acceptors (Lipinski definition) is 5. The number of fused-ring (bicyclic) bond motifs is 1. The summed E-state index contributed by atoms with van der Waals surface area (Å²) in [6.07, 6.45) is 7.97. The van der Waals surface area contributed by atoms with E-state index >= 15 is 0 Å². The monoisotopic (exact) mass is 326 g/mol. The number of aromatic nitrogens is 3. The maximum absolute atomic E-state index is 6.22. The molecule has 3 aromatic rings. The van der Waals surface area contributed by atoms with Crippen molar-refractivity contribution in [1.29, 1.82) is 0 Å². The van der Waals surface area contributed by atoms with Gasteiger partial charge >= 0.3 is 0 Å². The molecule has 0 saturated heterocycles. The first-order valence-electron chi connectivity index (χ1n) is 7.49. The molecule has 0 radical (unpaired) electrons. The summed E-state index contributed by atoms with van der Waals surface area (Å²) in [6.45, 7) is 2.54. The van der Waals surface area contributed by atoms with Crippen LogP contribution in [0.4, 0.5) is 0 Å². The molecule has 0 amide bonds. The third-order valence-electron chi connectivity index (χ3n) is 3.99. The van der Waals surface area contributed by atoms with Crippen molar-refractivity contribution in [3.63, 3.8) is 0 Å². The van der Waals surface area contributed by atoms with Crippen LogP contribution < -0.4 is 0 Å². The van der Waals surface area contributed by atoms with Gasteiger partial charge in [0, 0.05) is 60.8 Å². The molecule has 0 fully saturated rings. The van der Waals surface area contributed by atoms with Gasteiger partial charge in [-0.2, -0.15) is 0 Å². The summed E-state index contributed by atoms with van der Waals surface area (Å²) in [5.74, 6) is 1.36. The predicted molar refractivity (Wildman–Crippen MR) is 86.8 cm³/mol. The Bertz CT molecular complexity index is 819. The summed E-state index contributed by atoms with van der Waals surface area (Å²) in [5.41, 5.74) is 3.30. The van der Waals surface area contributed by atoms with Gasteiger partial charge in [-0.25, -0.2) is 9.97 Å². The number of hydrogen-bond donors (Lipinski definition) is 0. The van der Waals surface area contributed by atoms with Gasteiger partial charge in [-0.05, 0) is 18.2 Å². The zero-order valence-electron chi connectivity index (χ0n) is 12.4. The maximum atomic E-state index is 6.22. The van der Waals surface area contributed by atoms with Crippen molar-refractivity contribution in [3.05, 3.63) is 64.9 Å². The van der Waals surface area contributed by atoms with Crippen LogP contribution in [0, 0.1) is 0 Å². The Hall–Kier alpha value is -2.24. The fourth-order valence-electron chi connectivity index (χ4n) is 2.80. The standard InChI is InChI=1S/C17H15ClN4O/c18-14-3-5-19-8-12(14)10-22-6-4-15-13(11-22)9-20-17(21-15)16-2-1-7-23-16/h1-3,5,7-9H,4,6,10-11H2. The van der Waals surface area contributed by atoms with E-state index < -0.39 is 0 Å². The van der Waals surface area contributed by atoms with Crippen LogP contribution in [0.1, 0.15) is 16.8 Å². The molecule has 1 aliphatic heterocycles. The maximum Gasteiger partial charge on any atom is 0.195 e. The quantitative estimate of drug-likeness (QED) is 0.739. The second-order valence-corrected chi connectivity index (χ2v) is 5.98. The minimum atomic E-state index is 0.650. The van der Waals surface area contributed by atoms with E-state index in [1.807, 2.05) is 30.6 Å². The van der Waals surface area contributed by atoms with Crippen molar-refractivity contribution in [2.24, 2.45) is 0 Å². The van der Waals surface area contributed by atoms with E-state index in [1.54, 1.807) is 12.5 Å². The molecule has 0 aliphatic carbocycles. The number of rotatable bonds is 3. The molecule has 0 atom stereocenters. The van der Waals surface area contributed by atoms with Gasteiger partial charge in [0.1, 0.15) is 0 Å². The molecule has 0 saturated carbocycles. The third-order valence-corrected chi connectivity index (χ3v) is 4.36. The van der Waals surface area contributed by atoms with Crippen LogP contribution in [0.2, 0.25) is 5.02 Å². The lowest BCUT2D eigenvalue weighted by Gasteiger charge is -2.28. The second kappa shape index (κ2) is 6.10. The molecule has 6 heteroatoms. The Morgan fingerprint density at radius 1 is 1.26 bits per heavy atom. The van der Waals surface area contributed by atoms with E-state index in [9.17, 15) is 0 Å². The van der Waals surface area contributed by atoms with E-state index in [0.717, 1.165) is 47.9 Å². The normalized spacial score (nSPS) is 14.7. The molecule has 3 aromatic heterocycles. The van der Waals surface area contributed by atoms with Gasteiger partial charge in [0.15, 0.2) is 11.6 Å². The average Bonchev–Trinajstić information content (AvgIpc) is 3.11. The van der Waals surface area contributed by atoms with Crippen molar-refractivity contribution in [3.8, 4) is 11.6 Å². The molecule has 0 aromatic carbocycles. The molecular formula is C17H15ClN4O. The van der Waals surface area contributed by atoms with Gasteiger partial charge in [-0.1, -0.05) is 11.6 Å². The Kier molecular flexibility index (Phi) is 3.81. The summed E-state index contributed by atoms with van der Waals surface area (Å²) in [4.78, 5) is 15.6. The third kappa shape index (κ3) is 2.98. The molecule has 1 aliphatic rings. The molecule has 0 bridgehead atoms. The van der Waals surface area contributed by atoms with Crippen molar-refractivity contribution >= 4 is 11.6 Å². The van der Waals surface area contributed by atoms with E-state index in [1.165, 1.54) is 0 Å². The molecule has 23 heavy (non-hydrogen) atoms. The van der Waals surface area contributed by atoms with Crippen molar-refractivity contribution in [2.45, 2.75) is 19.5 Å². The van der Waals surface area contributed by atoms with Crippen molar-refractivity contribution in [1.82, 2.24) is 19.9 Å². The number of halogens is 1. The largest absolute Gasteiger partial charge is 0.461 e. The van der Waals surface area contributed by atoms with Gasteiger partial charge in [-0.15, -0.1) is 0 Å². The van der Waals surface area contributed by atoms with Crippen LogP contribution in [-0.2, 0) is 19.5 Å². The zero-order chi connectivity index (χ0) is 15.6. The first-order valence-corrected chi connectivity index (χ1v) is 7.87. The minimum absolute atomic E-state index is 0.650. The summed E-state index contributed by atoms with van der Waals surface area (Å²) >= 11 is 6.22. The lowest BCUT2D eigenvalue weighted by Crippen LogP contribution is -2.31. The highest BCUT2D eigenvalue weighted by atomic mass is 35.5. The summed E-state index contributed by atoms with van der Waals surface area (Å²) in [5, 5.41) is 0.759. The first kappa shape index (κ1) is 14.4. The van der Waals surface area contributed by atoms with Crippen LogP contribution in [0.5, 0.6) is 0 Å². The predicted octanol–water partition coefficient (Wildman–Crippen LogP) is 3.34. The molecule has 4 rings (SSSR count). The van der Waals surface area contributed by atoms with Gasteiger partial charge in [0.25, 0.3) is 0 Å². The van der Waals surface area contributed by atoms with E-state index in [2.05, 4.69) is 19.9 Å². The van der Waals surface area contributed by atoms with E-state index in [0.29, 0.717) is 11.6 Å². The zero-order valence-corrected chi connectivity index (χ0v) is 13.2. The fourth-order valence-corrected chi connectivity index (χ4v) is 2.97. The first-order chi connectivity index (χ1) is 11.3. The van der Waals surface area contributed by atoms with Crippen LogP contribution in [0.15, 0.2) is 47.5 Å². The van der Waals surface area contributed by atoms with Crippen LogP contribution in [-0.4, -0.2) is 26.4 Å². The van der Waals surface area contributed by atoms with Crippen LogP contribution >= 0.6 is 11.6 Å². The fraction of sp³-hybridized carbons (Fsp3) is 0.235. The molecule has 116 valence electrons. The van der Waals surface area contributed by atoms with Crippen molar-refractivity contribution in [2.75, 3.05) is 6.54 Å². The van der Waals surface area contributed by atoms with Crippen molar-refractivity contribution < 1.29 is 4.42 Å². The smallest absolute Gasteiger partial charge is 0.195 e. The molecule has 0 spiro atoms. The Labute approximate surface area is 139 Å². The Morgan fingerprint density at radius 3 is 3.04 bits per heavy atom. The highest BCUT2D eigenvalue weighted by Crippen LogP contribution is 2.23. The van der Waals surface area contributed by atoms with Crippen LogP contribution in [0.25, 0.3) is 11.6 Å². The van der Waals surface area contributed by atoms with Gasteiger partial charge in [0.2, 0.25) is 0 Å². The summed E-state index contributed by atoms with van der Waals surface area (Å²) in [6, 6.07) is 5.55. The number of pyridine rings is 1. The molecule has 5 nitrogen and oxygen atoms in total. The molecule has 0 N–H and O–H groups in total. The average molecular weight is 327 g/mol. The van der Waals surface area contributed by atoms with E-state index in [-0.39, 0.29) is 0 Å². The Morgan fingerprint density at radius 2 is 2.22 bits per heavy atom. The van der Waals surface area contributed by atoms with E-state index in [4.69, 9.17) is 16.0 Å². The summed E-state index contributed by atoms with van der Waals surface area (Å²) < 4.78 is 5.37.